The molecule has 3 nitrogen and oxygen atoms in total. The number of nitrogens with zero attached hydrogens (tertiary/aromatic N) is 2. The Bertz CT molecular complexity index is 448. The summed E-state index contributed by atoms with van der Waals surface area (Å²) in [5.41, 5.74) is 0.727. The van der Waals surface area contributed by atoms with E-state index < -0.39 is 0 Å². The topological polar surface area (TPSA) is 32.7 Å². The molecule has 0 unspecified atom stereocenters. The Balaban J connectivity index is 2.37. The minimum atomic E-state index is -0.167. The molecule has 0 aromatic heterocycles. The Morgan fingerprint density at radius 2 is 1.88 bits per heavy atom. The summed E-state index contributed by atoms with van der Waals surface area (Å²) >= 11 is 1.51. The summed E-state index contributed by atoms with van der Waals surface area (Å²) in [7, 11) is 0. The fraction of sp³-hybridized carbons (Fsp3) is 0.385. The molecule has 0 aliphatic carbocycles. The van der Waals surface area contributed by atoms with Gasteiger partial charge in [0.2, 0.25) is 5.91 Å². The molecule has 1 aliphatic rings. The number of hydrogen-bond donors (Lipinski definition) is 0. The fourth-order valence-corrected chi connectivity index (χ4v) is 2.62. The zero-order chi connectivity index (χ0) is 12.5. The van der Waals surface area contributed by atoms with Crippen LogP contribution in [0, 0.1) is 0 Å². The Morgan fingerprint density at radius 3 is 2.47 bits per heavy atom. The highest BCUT2D eigenvalue weighted by Crippen LogP contribution is 2.28. The van der Waals surface area contributed by atoms with E-state index in [1.807, 2.05) is 51.1 Å². The second-order valence-corrected chi connectivity index (χ2v) is 5.86. The Hall–Kier alpha value is -1.29. The van der Waals surface area contributed by atoms with Crippen molar-refractivity contribution in [3.63, 3.8) is 0 Å². The smallest absolute Gasteiger partial charge is 0.243 e. The first kappa shape index (κ1) is 12.2. The lowest BCUT2D eigenvalue weighted by Crippen LogP contribution is -2.31. The van der Waals surface area contributed by atoms with Crippen molar-refractivity contribution >= 4 is 28.5 Å². The third-order valence-corrected chi connectivity index (χ3v) is 3.13. The van der Waals surface area contributed by atoms with Crippen LogP contribution in [0.25, 0.3) is 0 Å². The van der Waals surface area contributed by atoms with Crippen molar-refractivity contribution in [2.45, 2.75) is 26.3 Å². The van der Waals surface area contributed by atoms with E-state index in [1.165, 1.54) is 11.8 Å². The summed E-state index contributed by atoms with van der Waals surface area (Å²) in [5.74, 6) is 0.577. The van der Waals surface area contributed by atoms with E-state index in [0.717, 1.165) is 10.9 Å². The minimum absolute atomic E-state index is 0.101. The highest BCUT2D eigenvalue weighted by molar-refractivity contribution is 8.15. The lowest BCUT2D eigenvalue weighted by atomic mass is 10.1. The van der Waals surface area contributed by atoms with Crippen molar-refractivity contribution < 1.29 is 4.79 Å². The van der Waals surface area contributed by atoms with Gasteiger partial charge < -0.3 is 0 Å². The van der Waals surface area contributed by atoms with Crippen LogP contribution in [0.15, 0.2) is 35.3 Å². The van der Waals surface area contributed by atoms with Gasteiger partial charge in [-0.15, -0.1) is 0 Å². The summed E-state index contributed by atoms with van der Waals surface area (Å²) in [6.45, 7) is 6.10. The second kappa shape index (κ2) is 4.53. The van der Waals surface area contributed by atoms with Gasteiger partial charge in [0, 0.05) is 0 Å². The summed E-state index contributed by atoms with van der Waals surface area (Å²) in [6.07, 6.45) is 0. The van der Waals surface area contributed by atoms with Gasteiger partial charge in [-0.05, 0) is 32.9 Å². The molecule has 2 rings (SSSR count). The van der Waals surface area contributed by atoms with E-state index in [9.17, 15) is 4.79 Å². The largest absolute Gasteiger partial charge is 0.273 e. The molecule has 1 amide bonds. The van der Waals surface area contributed by atoms with Crippen LogP contribution >= 0.6 is 11.8 Å². The first-order chi connectivity index (χ1) is 7.97. The number of carbonyl (C=O) groups is 1. The third-order valence-electron chi connectivity index (χ3n) is 2.21. The number of aliphatic imine (C=N–C) groups is 1. The van der Waals surface area contributed by atoms with Crippen molar-refractivity contribution in [2.75, 3.05) is 10.7 Å². The van der Waals surface area contributed by atoms with Crippen LogP contribution in [0.3, 0.4) is 0 Å². The maximum atomic E-state index is 11.9. The summed E-state index contributed by atoms with van der Waals surface area (Å²) < 4.78 is 0. The van der Waals surface area contributed by atoms with Gasteiger partial charge in [0.1, 0.15) is 0 Å². The monoisotopic (exact) mass is 248 g/mol. The maximum absolute atomic E-state index is 11.9. The summed E-state index contributed by atoms with van der Waals surface area (Å²) in [4.78, 5) is 18.2. The van der Waals surface area contributed by atoms with Crippen molar-refractivity contribution in [3.05, 3.63) is 30.3 Å². The molecule has 1 heterocycles. The first-order valence-corrected chi connectivity index (χ1v) is 6.56. The quantitative estimate of drug-likeness (QED) is 0.765. The van der Waals surface area contributed by atoms with Crippen LogP contribution in [0.5, 0.6) is 0 Å². The van der Waals surface area contributed by atoms with Gasteiger partial charge in [0.05, 0.1) is 17.0 Å². The molecule has 0 atom stereocenters. The third kappa shape index (κ3) is 2.88. The number of amidine groups is 1. The lowest BCUT2D eigenvalue weighted by Gasteiger charge is -2.20. The van der Waals surface area contributed by atoms with Gasteiger partial charge in [-0.2, -0.15) is 0 Å². The van der Waals surface area contributed by atoms with E-state index >= 15 is 0 Å². The standard InChI is InChI=1S/C13H16N2OS/c1-13(2,3)14-12-15(11(16)9-17-12)10-7-5-4-6-8-10/h4-8H,9H2,1-3H3. The van der Waals surface area contributed by atoms with E-state index in [0.29, 0.717) is 5.75 Å². The van der Waals surface area contributed by atoms with E-state index in [2.05, 4.69) is 4.99 Å². The number of amides is 1. The fourth-order valence-electron chi connectivity index (χ4n) is 1.56. The number of hydrogen-bond acceptors (Lipinski definition) is 3. The first-order valence-electron chi connectivity index (χ1n) is 5.58. The molecule has 0 bridgehead atoms. The van der Waals surface area contributed by atoms with Gasteiger partial charge in [-0.3, -0.25) is 14.7 Å². The highest BCUT2D eigenvalue weighted by Gasteiger charge is 2.30. The molecule has 90 valence electrons. The molecule has 0 N–H and O–H groups in total. The van der Waals surface area contributed by atoms with Crippen molar-refractivity contribution in [1.29, 1.82) is 0 Å². The SMILES string of the molecule is CC(C)(C)N=C1SCC(=O)N1c1ccccc1. The van der Waals surface area contributed by atoms with Crippen molar-refractivity contribution in [1.82, 2.24) is 0 Å². The molecule has 1 aromatic rings. The highest BCUT2D eigenvalue weighted by atomic mass is 32.2. The number of anilines is 1. The molecule has 0 saturated carbocycles. The lowest BCUT2D eigenvalue weighted by molar-refractivity contribution is -0.115. The molecule has 1 fully saturated rings. The predicted molar refractivity (Wildman–Crippen MR) is 73.6 cm³/mol. The van der Waals surface area contributed by atoms with Crippen LogP contribution < -0.4 is 4.90 Å². The van der Waals surface area contributed by atoms with Gasteiger partial charge in [-0.25, -0.2) is 0 Å². The molecule has 1 aromatic carbocycles. The molecule has 0 radical (unpaired) electrons. The van der Waals surface area contributed by atoms with E-state index in [1.54, 1.807) is 4.90 Å². The zero-order valence-electron chi connectivity index (χ0n) is 10.3. The molecule has 1 saturated heterocycles. The molecule has 17 heavy (non-hydrogen) atoms. The van der Waals surface area contributed by atoms with Crippen molar-refractivity contribution in [2.24, 2.45) is 4.99 Å². The van der Waals surface area contributed by atoms with Gasteiger partial charge in [0.25, 0.3) is 0 Å². The van der Waals surface area contributed by atoms with Crippen LogP contribution in [0.1, 0.15) is 20.8 Å². The molecular formula is C13H16N2OS. The van der Waals surface area contributed by atoms with Gasteiger partial charge >= 0.3 is 0 Å². The van der Waals surface area contributed by atoms with Crippen LogP contribution in [0.2, 0.25) is 0 Å². The van der Waals surface area contributed by atoms with Crippen LogP contribution in [-0.2, 0) is 4.79 Å². The number of thioether (sulfide) groups is 1. The number of benzene rings is 1. The summed E-state index contributed by atoms with van der Waals surface area (Å²) in [5, 5.41) is 0.800. The number of rotatable bonds is 1. The predicted octanol–water partition coefficient (Wildman–Crippen LogP) is 2.92. The van der Waals surface area contributed by atoms with Gasteiger partial charge in [0.15, 0.2) is 5.17 Å². The zero-order valence-corrected chi connectivity index (χ0v) is 11.1. The second-order valence-electron chi connectivity index (χ2n) is 4.92. The van der Waals surface area contributed by atoms with E-state index in [4.69, 9.17) is 0 Å². The number of para-hydroxylation sites is 1. The average Bonchev–Trinajstić information content (AvgIpc) is 2.58. The number of carbonyl (C=O) groups excluding carboxylic acids is 1. The van der Waals surface area contributed by atoms with Crippen molar-refractivity contribution in [3.8, 4) is 0 Å². The molecule has 1 aliphatic heterocycles. The van der Waals surface area contributed by atoms with Crippen LogP contribution in [0.4, 0.5) is 5.69 Å². The van der Waals surface area contributed by atoms with E-state index in [-0.39, 0.29) is 11.4 Å². The normalized spacial score (nSPS) is 19.1. The minimum Gasteiger partial charge on any atom is -0.273 e. The van der Waals surface area contributed by atoms with Crippen LogP contribution in [-0.4, -0.2) is 22.4 Å². The Kier molecular flexibility index (Phi) is 3.24. The Labute approximate surface area is 106 Å². The molecule has 4 heteroatoms. The van der Waals surface area contributed by atoms with Gasteiger partial charge in [-0.1, -0.05) is 30.0 Å². The average molecular weight is 248 g/mol. The molecular weight excluding hydrogens is 232 g/mol. The maximum Gasteiger partial charge on any atom is 0.243 e. The molecule has 0 spiro atoms. The summed E-state index contributed by atoms with van der Waals surface area (Å²) in [6, 6.07) is 9.67. The Morgan fingerprint density at radius 1 is 1.24 bits per heavy atom.